The average Bonchev–Trinajstić information content (AvgIpc) is 2.47. The van der Waals surface area contributed by atoms with Crippen LogP contribution in [0, 0.1) is 11.7 Å². The van der Waals surface area contributed by atoms with Gasteiger partial charge in [-0.1, -0.05) is 26.2 Å². The Kier molecular flexibility index (Phi) is 4.89. The molecule has 4 N–H and O–H groups in total. The van der Waals surface area contributed by atoms with Crippen LogP contribution < -0.4 is 16.6 Å². The van der Waals surface area contributed by atoms with Gasteiger partial charge in [-0.15, -0.1) is 0 Å². The molecule has 0 aromatic carbocycles. The number of nitrogens with two attached hydrogens (primary N) is 1. The van der Waals surface area contributed by atoms with E-state index in [1.165, 1.54) is 18.7 Å². The Morgan fingerprint density at radius 2 is 2.35 bits per heavy atom. The van der Waals surface area contributed by atoms with Gasteiger partial charge in [0.15, 0.2) is 11.6 Å². The van der Waals surface area contributed by atoms with Gasteiger partial charge in [-0.05, 0) is 24.8 Å². The zero-order valence-corrected chi connectivity index (χ0v) is 11.7. The predicted molar refractivity (Wildman–Crippen MR) is 75.5 cm³/mol. The number of nitrogens with one attached hydrogen (secondary N) is 2. The minimum absolute atomic E-state index is 0.0217. The van der Waals surface area contributed by atoms with Gasteiger partial charge in [-0.2, -0.15) is 0 Å². The van der Waals surface area contributed by atoms with Crippen LogP contribution in [0.4, 0.5) is 10.2 Å². The van der Waals surface area contributed by atoms with E-state index in [9.17, 15) is 9.18 Å². The van der Waals surface area contributed by atoms with E-state index in [4.69, 9.17) is 5.84 Å². The molecule has 0 bridgehead atoms. The smallest absolute Gasteiger partial charge is 0.254 e. The summed E-state index contributed by atoms with van der Waals surface area (Å²) in [5.74, 6) is 4.58. The third-order valence-corrected chi connectivity index (χ3v) is 3.97. The van der Waals surface area contributed by atoms with Gasteiger partial charge < -0.3 is 10.7 Å². The van der Waals surface area contributed by atoms with Gasteiger partial charge in [-0.25, -0.2) is 15.2 Å². The summed E-state index contributed by atoms with van der Waals surface area (Å²) in [5.41, 5.74) is 2.12. The summed E-state index contributed by atoms with van der Waals surface area (Å²) in [6.45, 7) is 2.16. The Morgan fingerprint density at radius 3 is 3.05 bits per heavy atom. The lowest BCUT2D eigenvalue weighted by atomic mass is 9.84. The van der Waals surface area contributed by atoms with E-state index in [2.05, 4.69) is 22.7 Å². The number of hydrogen-bond donors (Lipinski definition) is 3. The second kappa shape index (κ2) is 6.65. The molecule has 6 heteroatoms. The molecule has 0 spiro atoms. The number of halogens is 1. The molecule has 1 saturated carbocycles. The summed E-state index contributed by atoms with van der Waals surface area (Å²) in [6, 6.07) is 1.49. The zero-order chi connectivity index (χ0) is 14.5. The van der Waals surface area contributed by atoms with Crippen molar-refractivity contribution in [1.82, 2.24) is 10.3 Å². The highest BCUT2D eigenvalue weighted by Crippen LogP contribution is 2.27. The van der Waals surface area contributed by atoms with Crippen molar-refractivity contribution in [3.8, 4) is 0 Å². The van der Waals surface area contributed by atoms with Crippen molar-refractivity contribution in [2.24, 2.45) is 11.8 Å². The molecule has 110 valence electrons. The molecule has 5 nitrogen and oxygen atoms in total. The van der Waals surface area contributed by atoms with Crippen LogP contribution >= 0.6 is 0 Å². The van der Waals surface area contributed by atoms with E-state index < -0.39 is 11.7 Å². The molecule has 1 aliphatic carbocycles. The molecule has 1 aromatic heterocycles. The highest BCUT2D eigenvalue weighted by Gasteiger charge is 2.24. The lowest BCUT2D eigenvalue weighted by molar-refractivity contribution is 0.0915. The van der Waals surface area contributed by atoms with Gasteiger partial charge in [0.1, 0.15) is 0 Å². The number of carbonyl (C=O) groups excluding carboxylic acids is 1. The lowest BCUT2D eigenvalue weighted by Gasteiger charge is -2.29. The van der Waals surface area contributed by atoms with Crippen molar-refractivity contribution < 1.29 is 9.18 Å². The largest absolute Gasteiger partial charge is 0.349 e. The summed E-state index contributed by atoms with van der Waals surface area (Å²) >= 11 is 0. The number of nitrogen functional groups attached to an aromatic ring is 1. The Labute approximate surface area is 118 Å². The molecule has 1 heterocycles. The fraction of sp³-hybridized carbons (Fsp3) is 0.571. The first-order valence-corrected chi connectivity index (χ1v) is 7.07. The molecule has 2 atom stereocenters. The number of aromatic nitrogens is 1. The molecule has 0 aliphatic heterocycles. The second-order valence-electron chi connectivity index (χ2n) is 5.28. The predicted octanol–water partition coefficient (Wildman–Crippen LogP) is 2.20. The number of nitrogens with zero attached hydrogens (tertiary/aromatic N) is 1. The number of carbonyl (C=O) groups is 1. The van der Waals surface area contributed by atoms with Crippen LogP contribution in [0.15, 0.2) is 12.3 Å². The molecule has 20 heavy (non-hydrogen) atoms. The Hall–Kier alpha value is -1.69. The SMILES string of the molecule is CCC1CCCC(NC(=O)c2ccnc(NN)c2F)C1. The highest BCUT2D eigenvalue weighted by molar-refractivity contribution is 5.95. The van der Waals surface area contributed by atoms with Crippen LogP contribution in [0.1, 0.15) is 49.4 Å². The van der Waals surface area contributed by atoms with Crippen molar-refractivity contribution >= 4 is 11.7 Å². The third-order valence-electron chi connectivity index (χ3n) is 3.97. The first-order chi connectivity index (χ1) is 9.65. The molecule has 1 fully saturated rings. The number of amides is 1. The standard InChI is InChI=1S/C14H21FN4O/c1-2-9-4-3-5-10(8-9)18-14(20)11-6-7-17-13(19-16)12(11)15/h6-7,9-10H,2-5,8,16H2,1H3,(H,17,19)(H,18,20). The van der Waals surface area contributed by atoms with E-state index in [1.807, 2.05) is 0 Å². The summed E-state index contributed by atoms with van der Waals surface area (Å²) < 4.78 is 14.0. The van der Waals surface area contributed by atoms with Gasteiger partial charge in [0.2, 0.25) is 0 Å². The van der Waals surface area contributed by atoms with Crippen molar-refractivity contribution in [1.29, 1.82) is 0 Å². The van der Waals surface area contributed by atoms with E-state index in [0.29, 0.717) is 5.92 Å². The van der Waals surface area contributed by atoms with Gasteiger partial charge in [0.05, 0.1) is 5.56 Å². The molecule has 2 rings (SSSR count). The molecular formula is C14H21FN4O. The molecule has 1 aromatic rings. The highest BCUT2D eigenvalue weighted by atomic mass is 19.1. The van der Waals surface area contributed by atoms with Crippen molar-refractivity contribution in [2.45, 2.75) is 45.1 Å². The van der Waals surface area contributed by atoms with Gasteiger partial charge in [-0.3, -0.25) is 4.79 Å². The summed E-state index contributed by atoms with van der Waals surface area (Å²) in [4.78, 5) is 15.9. The molecule has 1 aliphatic rings. The Balaban J connectivity index is 2.05. The topological polar surface area (TPSA) is 80.0 Å². The van der Waals surface area contributed by atoms with Crippen LogP contribution in [0.25, 0.3) is 0 Å². The summed E-state index contributed by atoms with van der Waals surface area (Å²) in [7, 11) is 0. The van der Waals surface area contributed by atoms with Gasteiger partial charge in [0, 0.05) is 12.2 Å². The monoisotopic (exact) mass is 280 g/mol. The normalized spacial score (nSPS) is 22.4. The number of pyridine rings is 1. The minimum Gasteiger partial charge on any atom is -0.349 e. The van der Waals surface area contributed by atoms with Crippen molar-refractivity contribution in [2.75, 3.05) is 5.43 Å². The Morgan fingerprint density at radius 1 is 1.55 bits per heavy atom. The van der Waals surface area contributed by atoms with E-state index in [-0.39, 0.29) is 17.4 Å². The van der Waals surface area contributed by atoms with Crippen molar-refractivity contribution in [3.05, 3.63) is 23.6 Å². The summed E-state index contributed by atoms with van der Waals surface area (Å²) in [5, 5.41) is 2.92. The fourth-order valence-electron chi connectivity index (χ4n) is 2.78. The zero-order valence-electron chi connectivity index (χ0n) is 11.7. The molecule has 2 unspecified atom stereocenters. The first-order valence-electron chi connectivity index (χ1n) is 7.07. The van der Waals surface area contributed by atoms with Crippen LogP contribution in [0.2, 0.25) is 0 Å². The minimum atomic E-state index is -0.713. The van der Waals surface area contributed by atoms with Crippen molar-refractivity contribution in [3.63, 3.8) is 0 Å². The number of hydrogen-bond acceptors (Lipinski definition) is 4. The van der Waals surface area contributed by atoms with Gasteiger partial charge >= 0.3 is 0 Å². The molecular weight excluding hydrogens is 259 g/mol. The second-order valence-corrected chi connectivity index (χ2v) is 5.28. The van der Waals surface area contributed by atoms with E-state index in [1.54, 1.807) is 0 Å². The lowest BCUT2D eigenvalue weighted by Crippen LogP contribution is -2.38. The number of anilines is 1. The number of rotatable bonds is 4. The maximum Gasteiger partial charge on any atom is 0.254 e. The van der Waals surface area contributed by atoms with E-state index in [0.717, 1.165) is 25.7 Å². The van der Waals surface area contributed by atoms with Gasteiger partial charge in [0.25, 0.3) is 5.91 Å². The summed E-state index contributed by atoms with van der Waals surface area (Å²) in [6.07, 6.45) is 6.74. The molecule has 1 amide bonds. The fourth-order valence-corrected chi connectivity index (χ4v) is 2.78. The first kappa shape index (κ1) is 14.7. The van der Waals surface area contributed by atoms with Crippen LogP contribution in [-0.4, -0.2) is 16.9 Å². The maximum absolute atomic E-state index is 14.0. The molecule has 0 saturated heterocycles. The van der Waals surface area contributed by atoms with Crippen LogP contribution in [-0.2, 0) is 0 Å². The Bertz CT molecular complexity index is 480. The maximum atomic E-state index is 14.0. The average molecular weight is 280 g/mol. The van der Waals surface area contributed by atoms with Crippen LogP contribution in [0.5, 0.6) is 0 Å². The van der Waals surface area contributed by atoms with E-state index >= 15 is 0 Å². The molecule has 0 radical (unpaired) electrons. The van der Waals surface area contributed by atoms with Crippen LogP contribution in [0.3, 0.4) is 0 Å². The third kappa shape index (κ3) is 3.25. The number of hydrazine groups is 1. The quantitative estimate of drug-likeness (QED) is 0.583.